The first-order valence-electron chi connectivity index (χ1n) is 14.2. The number of para-hydroxylation sites is 2. The highest BCUT2D eigenvalue weighted by Gasteiger charge is 2.22. The van der Waals surface area contributed by atoms with E-state index < -0.39 is 0 Å². The van der Waals surface area contributed by atoms with Crippen LogP contribution in [0.5, 0.6) is 5.75 Å². The van der Waals surface area contributed by atoms with Gasteiger partial charge in [-0.05, 0) is 79.7 Å². The predicted octanol–water partition coefficient (Wildman–Crippen LogP) is 10.1. The van der Waals surface area contributed by atoms with Crippen molar-refractivity contribution in [1.29, 1.82) is 0 Å². The first-order valence-corrected chi connectivity index (χ1v) is 14.2. The summed E-state index contributed by atoms with van der Waals surface area (Å²) in [5.41, 5.74) is 9.90. The van der Waals surface area contributed by atoms with Crippen molar-refractivity contribution in [2.24, 2.45) is 0 Å². The van der Waals surface area contributed by atoms with Crippen molar-refractivity contribution >= 4 is 65.6 Å². The van der Waals surface area contributed by atoms with Crippen LogP contribution in [0.1, 0.15) is 5.56 Å². The number of aryl methyl sites for hydroxylation is 1. The standard InChI is InChI=1S/C38H26N2O2/c1-23-11-13-24(14-12-23)39-31-9-5-3-7-29(31)35-33(39)21-19-27-28-20-22-34-36(38(28)42-37(27)35)30-8-4-6-10-32(30)40(34)25-15-17-26(41-2)18-16-25/h3-22H,1-2H3. The maximum atomic E-state index is 7.00. The summed E-state index contributed by atoms with van der Waals surface area (Å²) in [6.07, 6.45) is 0. The van der Waals surface area contributed by atoms with Crippen LogP contribution in [0.3, 0.4) is 0 Å². The number of aromatic nitrogens is 2. The summed E-state index contributed by atoms with van der Waals surface area (Å²) < 4.78 is 17.1. The zero-order chi connectivity index (χ0) is 27.9. The molecule has 0 unspecified atom stereocenters. The van der Waals surface area contributed by atoms with E-state index in [1.165, 1.54) is 21.9 Å². The van der Waals surface area contributed by atoms with Crippen molar-refractivity contribution in [2.75, 3.05) is 7.11 Å². The minimum Gasteiger partial charge on any atom is -0.497 e. The smallest absolute Gasteiger partial charge is 0.145 e. The molecule has 0 bridgehead atoms. The molecular weight excluding hydrogens is 516 g/mol. The van der Waals surface area contributed by atoms with Gasteiger partial charge in [-0.25, -0.2) is 0 Å². The molecule has 4 heteroatoms. The molecule has 3 heterocycles. The van der Waals surface area contributed by atoms with Crippen molar-refractivity contribution in [3.8, 4) is 17.1 Å². The molecule has 200 valence electrons. The SMILES string of the molecule is COc1ccc(-n2c3ccccc3c3c4oc5c(ccc6c5c5ccccc5n6-c5ccc(C)cc5)c4ccc32)cc1. The van der Waals surface area contributed by atoms with Crippen LogP contribution in [0.25, 0.3) is 76.9 Å². The summed E-state index contributed by atoms with van der Waals surface area (Å²) in [5, 5.41) is 6.90. The maximum Gasteiger partial charge on any atom is 0.145 e. The second kappa shape index (κ2) is 8.51. The Morgan fingerprint density at radius 2 is 0.952 bits per heavy atom. The molecule has 0 aliphatic rings. The van der Waals surface area contributed by atoms with Gasteiger partial charge in [0.15, 0.2) is 0 Å². The third-order valence-electron chi connectivity index (χ3n) is 8.70. The zero-order valence-electron chi connectivity index (χ0n) is 23.3. The molecule has 3 aromatic heterocycles. The average Bonchev–Trinajstić information content (AvgIpc) is 3.69. The molecular formula is C38H26N2O2. The lowest BCUT2D eigenvalue weighted by molar-refractivity contribution is 0.415. The number of hydrogen-bond acceptors (Lipinski definition) is 2. The summed E-state index contributed by atoms with van der Waals surface area (Å²) in [5.74, 6) is 0.841. The fourth-order valence-electron chi connectivity index (χ4n) is 6.78. The fourth-order valence-corrected chi connectivity index (χ4v) is 6.78. The third-order valence-corrected chi connectivity index (χ3v) is 8.70. The second-order valence-electron chi connectivity index (χ2n) is 11.0. The van der Waals surface area contributed by atoms with E-state index in [2.05, 4.69) is 125 Å². The van der Waals surface area contributed by atoms with E-state index in [4.69, 9.17) is 9.15 Å². The van der Waals surface area contributed by atoms with Crippen LogP contribution in [0.15, 0.2) is 126 Å². The van der Waals surface area contributed by atoms with Gasteiger partial charge in [-0.2, -0.15) is 0 Å². The molecule has 6 aromatic carbocycles. The molecule has 0 atom stereocenters. The molecule has 0 aliphatic carbocycles. The van der Waals surface area contributed by atoms with E-state index >= 15 is 0 Å². The van der Waals surface area contributed by atoms with Gasteiger partial charge in [0.2, 0.25) is 0 Å². The van der Waals surface area contributed by atoms with Crippen LogP contribution in [-0.2, 0) is 0 Å². The normalized spacial score (nSPS) is 12.0. The van der Waals surface area contributed by atoms with Gasteiger partial charge in [-0.1, -0.05) is 54.1 Å². The fraction of sp³-hybridized carbons (Fsp3) is 0.0526. The summed E-state index contributed by atoms with van der Waals surface area (Å²) in [6.45, 7) is 2.12. The summed E-state index contributed by atoms with van der Waals surface area (Å²) in [7, 11) is 1.70. The lowest BCUT2D eigenvalue weighted by atomic mass is 10.1. The Hall–Kier alpha value is -5.48. The minimum absolute atomic E-state index is 0.841. The minimum atomic E-state index is 0.841. The van der Waals surface area contributed by atoms with Crippen LogP contribution in [0, 0.1) is 6.92 Å². The van der Waals surface area contributed by atoms with Crippen molar-refractivity contribution in [2.45, 2.75) is 6.92 Å². The number of benzene rings is 6. The van der Waals surface area contributed by atoms with Gasteiger partial charge in [-0.15, -0.1) is 0 Å². The largest absolute Gasteiger partial charge is 0.497 e. The number of furan rings is 1. The number of rotatable bonds is 3. The molecule has 4 nitrogen and oxygen atoms in total. The van der Waals surface area contributed by atoms with E-state index in [1.54, 1.807) is 7.11 Å². The summed E-state index contributed by atoms with van der Waals surface area (Å²) >= 11 is 0. The summed E-state index contributed by atoms with van der Waals surface area (Å²) in [4.78, 5) is 0. The van der Waals surface area contributed by atoms with Gasteiger partial charge in [-0.3, -0.25) is 0 Å². The second-order valence-corrected chi connectivity index (χ2v) is 11.0. The Kier molecular flexibility index (Phi) is 4.71. The van der Waals surface area contributed by atoms with E-state index in [1.807, 2.05) is 12.1 Å². The number of methoxy groups -OCH3 is 1. The van der Waals surface area contributed by atoms with Gasteiger partial charge >= 0.3 is 0 Å². The molecule has 0 radical (unpaired) electrons. The van der Waals surface area contributed by atoms with Gasteiger partial charge < -0.3 is 18.3 Å². The van der Waals surface area contributed by atoms with Gasteiger partial charge in [0.05, 0.1) is 39.9 Å². The first-order chi connectivity index (χ1) is 20.7. The Labute approximate surface area is 241 Å². The highest BCUT2D eigenvalue weighted by atomic mass is 16.5. The molecule has 0 spiro atoms. The van der Waals surface area contributed by atoms with Gasteiger partial charge in [0, 0.05) is 32.9 Å². The zero-order valence-corrected chi connectivity index (χ0v) is 23.3. The molecule has 0 aliphatic heterocycles. The average molecular weight is 543 g/mol. The topological polar surface area (TPSA) is 32.2 Å². The predicted molar refractivity (Wildman–Crippen MR) is 174 cm³/mol. The molecule has 9 aromatic rings. The van der Waals surface area contributed by atoms with Crippen LogP contribution >= 0.6 is 0 Å². The summed E-state index contributed by atoms with van der Waals surface area (Å²) in [6, 6.07) is 43.1. The Balaban J connectivity index is 1.41. The van der Waals surface area contributed by atoms with Crippen LogP contribution < -0.4 is 4.74 Å². The lowest BCUT2D eigenvalue weighted by Gasteiger charge is -2.08. The molecule has 0 amide bonds. The van der Waals surface area contributed by atoms with Crippen molar-refractivity contribution in [1.82, 2.24) is 9.13 Å². The molecule has 0 saturated carbocycles. The molecule has 0 saturated heterocycles. The quantitative estimate of drug-likeness (QED) is 0.222. The highest BCUT2D eigenvalue weighted by Crippen LogP contribution is 2.44. The Bertz CT molecular complexity index is 2490. The van der Waals surface area contributed by atoms with Crippen molar-refractivity contribution in [3.05, 3.63) is 127 Å². The van der Waals surface area contributed by atoms with E-state index in [-0.39, 0.29) is 0 Å². The molecule has 9 rings (SSSR count). The monoisotopic (exact) mass is 542 g/mol. The van der Waals surface area contributed by atoms with Crippen LogP contribution in [0.2, 0.25) is 0 Å². The van der Waals surface area contributed by atoms with Gasteiger partial charge in [0.25, 0.3) is 0 Å². The number of ether oxygens (including phenoxy) is 1. The third kappa shape index (κ3) is 3.06. The Morgan fingerprint density at radius 3 is 1.45 bits per heavy atom. The van der Waals surface area contributed by atoms with E-state index in [9.17, 15) is 0 Å². The van der Waals surface area contributed by atoms with E-state index in [0.29, 0.717) is 0 Å². The highest BCUT2D eigenvalue weighted by molar-refractivity contribution is 6.28. The lowest BCUT2D eigenvalue weighted by Crippen LogP contribution is -1.93. The van der Waals surface area contributed by atoms with E-state index in [0.717, 1.165) is 66.4 Å². The van der Waals surface area contributed by atoms with Crippen LogP contribution in [-0.4, -0.2) is 16.2 Å². The maximum absolute atomic E-state index is 7.00. The number of hydrogen-bond donors (Lipinski definition) is 0. The van der Waals surface area contributed by atoms with Gasteiger partial charge in [0.1, 0.15) is 16.9 Å². The van der Waals surface area contributed by atoms with Crippen molar-refractivity contribution in [3.63, 3.8) is 0 Å². The molecule has 42 heavy (non-hydrogen) atoms. The molecule has 0 fully saturated rings. The number of fused-ring (bicyclic) bond motifs is 11. The van der Waals surface area contributed by atoms with Crippen LogP contribution in [0.4, 0.5) is 0 Å². The first kappa shape index (κ1) is 23.2. The number of nitrogens with zero attached hydrogens (tertiary/aromatic N) is 2. The van der Waals surface area contributed by atoms with Crippen molar-refractivity contribution < 1.29 is 9.15 Å². The Morgan fingerprint density at radius 1 is 0.476 bits per heavy atom. The molecule has 0 N–H and O–H groups in total.